The average molecular weight is 321 g/mol. The zero-order chi connectivity index (χ0) is 14.5. The van der Waals surface area contributed by atoms with Gasteiger partial charge in [0.2, 0.25) is 5.91 Å². The molecular formula is C14H19ClF2N2O2. The molecule has 1 aliphatic rings. The number of nitrogens with one attached hydrogen (secondary N) is 2. The number of hydrogen-bond donors (Lipinski definition) is 2. The Bertz CT molecular complexity index is 468. The Hall–Kier alpha value is -1.24. The van der Waals surface area contributed by atoms with Crippen LogP contribution < -0.4 is 10.6 Å². The molecule has 4 nitrogen and oxygen atoms in total. The average Bonchev–Trinajstić information content (AvgIpc) is 2.91. The van der Waals surface area contributed by atoms with Gasteiger partial charge in [-0.05, 0) is 25.0 Å². The molecule has 0 spiro atoms. The predicted octanol–water partition coefficient (Wildman–Crippen LogP) is 1.42. The lowest BCUT2D eigenvalue weighted by molar-refractivity contribution is -0.122. The summed E-state index contributed by atoms with van der Waals surface area (Å²) in [7, 11) is 1.60. The lowest BCUT2D eigenvalue weighted by atomic mass is 10.1. The molecule has 1 aromatic carbocycles. The van der Waals surface area contributed by atoms with Gasteiger partial charge >= 0.3 is 0 Å². The van der Waals surface area contributed by atoms with E-state index in [4.69, 9.17) is 4.74 Å². The fourth-order valence-electron chi connectivity index (χ4n) is 2.29. The molecule has 2 rings (SSSR count). The third-order valence-corrected chi connectivity index (χ3v) is 3.48. The Morgan fingerprint density at radius 3 is 2.67 bits per heavy atom. The first-order valence-corrected chi connectivity index (χ1v) is 6.58. The number of amides is 1. The van der Waals surface area contributed by atoms with E-state index in [1.165, 1.54) is 18.2 Å². The van der Waals surface area contributed by atoms with E-state index in [0.717, 1.165) is 0 Å². The van der Waals surface area contributed by atoms with Crippen LogP contribution in [-0.4, -0.2) is 38.3 Å². The summed E-state index contributed by atoms with van der Waals surface area (Å²) in [6, 6.07) is 3.44. The van der Waals surface area contributed by atoms with Crippen LogP contribution in [0.25, 0.3) is 0 Å². The van der Waals surface area contributed by atoms with Gasteiger partial charge in [-0.25, -0.2) is 8.78 Å². The van der Waals surface area contributed by atoms with E-state index in [1.54, 1.807) is 7.11 Å². The first kappa shape index (κ1) is 17.8. The molecule has 118 valence electrons. The molecule has 1 saturated heterocycles. The maximum Gasteiger partial charge on any atom is 0.237 e. The quantitative estimate of drug-likeness (QED) is 0.863. The molecule has 0 unspecified atom stereocenters. The van der Waals surface area contributed by atoms with Crippen molar-refractivity contribution in [3.05, 3.63) is 35.4 Å². The number of ether oxygens (including phenoxy) is 1. The van der Waals surface area contributed by atoms with Gasteiger partial charge in [-0.3, -0.25) is 4.79 Å². The van der Waals surface area contributed by atoms with Crippen molar-refractivity contribution in [1.82, 2.24) is 10.6 Å². The van der Waals surface area contributed by atoms with Gasteiger partial charge in [-0.1, -0.05) is 6.07 Å². The molecule has 0 saturated carbocycles. The summed E-state index contributed by atoms with van der Waals surface area (Å²) in [5, 5.41) is 5.73. The molecule has 2 N–H and O–H groups in total. The van der Waals surface area contributed by atoms with Gasteiger partial charge in [-0.15, -0.1) is 12.4 Å². The van der Waals surface area contributed by atoms with Crippen molar-refractivity contribution < 1.29 is 18.3 Å². The number of benzene rings is 1. The van der Waals surface area contributed by atoms with Crippen LogP contribution in [0.3, 0.4) is 0 Å². The highest BCUT2D eigenvalue weighted by Gasteiger charge is 2.28. The molecule has 7 heteroatoms. The van der Waals surface area contributed by atoms with Gasteiger partial charge < -0.3 is 15.4 Å². The fourth-order valence-corrected chi connectivity index (χ4v) is 2.29. The third kappa shape index (κ3) is 4.62. The topological polar surface area (TPSA) is 50.4 Å². The number of methoxy groups -OCH3 is 1. The summed E-state index contributed by atoms with van der Waals surface area (Å²) >= 11 is 0. The molecule has 1 aromatic rings. The molecule has 1 aliphatic heterocycles. The Labute approximate surface area is 128 Å². The Morgan fingerprint density at radius 1 is 1.43 bits per heavy atom. The van der Waals surface area contributed by atoms with Gasteiger partial charge in [-0.2, -0.15) is 0 Å². The van der Waals surface area contributed by atoms with Gasteiger partial charge in [0.15, 0.2) is 0 Å². The number of halogens is 3. The van der Waals surface area contributed by atoms with Crippen LogP contribution >= 0.6 is 12.4 Å². The van der Waals surface area contributed by atoms with Gasteiger partial charge in [0, 0.05) is 25.8 Å². The molecule has 0 aromatic heterocycles. The Balaban J connectivity index is 0.00000220. The van der Waals surface area contributed by atoms with Crippen LogP contribution in [-0.2, 0) is 16.0 Å². The van der Waals surface area contributed by atoms with Crippen molar-refractivity contribution in [1.29, 1.82) is 0 Å². The molecular weight excluding hydrogens is 302 g/mol. The zero-order valence-electron chi connectivity index (χ0n) is 11.7. The first-order chi connectivity index (χ1) is 9.61. The van der Waals surface area contributed by atoms with E-state index in [0.29, 0.717) is 13.0 Å². The second-order valence-corrected chi connectivity index (χ2v) is 4.80. The second kappa shape index (κ2) is 8.26. The van der Waals surface area contributed by atoms with Crippen LogP contribution in [0.15, 0.2) is 18.2 Å². The van der Waals surface area contributed by atoms with E-state index in [1.807, 2.05) is 0 Å². The Kier molecular flexibility index (Phi) is 7.01. The van der Waals surface area contributed by atoms with Crippen LogP contribution in [0.2, 0.25) is 0 Å². The summed E-state index contributed by atoms with van der Waals surface area (Å²) in [5.41, 5.74) is 0.00180. The number of carbonyl (C=O) groups excluding carboxylic acids is 1. The SMILES string of the molecule is CO[C@@H]1CN[C@H](C(=O)NCCc2c(F)cccc2F)C1.Cl. The highest BCUT2D eigenvalue weighted by molar-refractivity contribution is 5.85. The maximum atomic E-state index is 13.4. The minimum atomic E-state index is -0.585. The minimum absolute atomic E-state index is 0. The molecule has 2 atom stereocenters. The summed E-state index contributed by atoms with van der Waals surface area (Å²) in [5.74, 6) is -1.34. The first-order valence-electron chi connectivity index (χ1n) is 6.58. The largest absolute Gasteiger partial charge is 0.380 e. The zero-order valence-corrected chi connectivity index (χ0v) is 12.5. The number of hydrogen-bond acceptors (Lipinski definition) is 3. The van der Waals surface area contributed by atoms with Gasteiger partial charge in [0.25, 0.3) is 0 Å². The highest BCUT2D eigenvalue weighted by atomic mass is 35.5. The maximum absolute atomic E-state index is 13.4. The molecule has 1 fully saturated rings. The molecule has 0 radical (unpaired) electrons. The van der Waals surface area contributed by atoms with E-state index >= 15 is 0 Å². The lowest BCUT2D eigenvalue weighted by Gasteiger charge is -2.11. The van der Waals surface area contributed by atoms with Gasteiger partial charge in [0.1, 0.15) is 11.6 Å². The summed E-state index contributed by atoms with van der Waals surface area (Å²) in [6.07, 6.45) is 0.774. The minimum Gasteiger partial charge on any atom is -0.380 e. The van der Waals surface area contributed by atoms with E-state index in [9.17, 15) is 13.6 Å². The fraction of sp³-hybridized carbons (Fsp3) is 0.500. The molecule has 1 amide bonds. The number of rotatable bonds is 5. The monoisotopic (exact) mass is 320 g/mol. The number of carbonyl (C=O) groups is 1. The van der Waals surface area contributed by atoms with Crippen LogP contribution in [0.4, 0.5) is 8.78 Å². The van der Waals surface area contributed by atoms with Gasteiger partial charge in [0.05, 0.1) is 12.1 Å². The Morgan fingerprint density at radius 2 is 2.10 bits per heavy atom. The van der Waals surface area contributed by atoms with Crippen LogP contribution in [0.1, 0.15) is 12.0 Å². The summed E-state index contributed by atoms with van der Waals surface area (Å²) < 4.78 is 31.9. The second-order valence-electron chi connectivity index (χ2n) is 4.80. The van der Waals surface area contributed by atoms with Crippen molar-refractivity contribution in [2.45, 2.75) is 25.0 Å². The smallest absolute Gasteiger partial charge is 0.237 e. The molecule has 1 heterocycles. The lowest BCUT2D eigenvalue weighted by Crippen LogP contribution is -2.41. The van der Waals surface area contributed by atoms with Crippen molar-refractivity contribution in [3.63, 3.8) is 0 Å². The van der Waals surface area contributed by atoms with Crippen LogP contribution in [0, 0.1) is 11.6 Å². The predicted molar refractivity (Wildman–Crippen MR) is 77.5 cm³/mol. The molecule has 0 aliphatic carbocycles. The van der Waals surface area contributed by atoms with Crippen LogP contribution in [0.5, 0.6) is 0 Å². The normalized spacial score (nSPS) is 20.9. The van der Waals surface area contributed by atoms with Crippen molar-refractivity contribution in [3.8, 4) is 0 Å². The summed E-state index contributed by atoms with van der Waals surface area (Å²) in [6.45, 7) is 0.836. The van der Waals surface area contributed by atoms with Crippen molar-refractivity contribution in [2.75, 3.05) is 20.2 Å². The third-order valence-electron chi connectivity index (χ3n) is 3.48. The van der Waals surface area contributed by atoms with E-state index in [-0.39, 0.29) is 49.0 Å². The van der Waals surface area contributed by atoms with Crippen molar-refractivity contribution >= 4 is 18.3 Å². The van der Waals surface area contributed by atoms with E-state index in [2.05, 4.69) is 10.6 Å². The molecule has 21 heavy (non-hydrogen) atoms. The molecule has 0 bridgehead atoms. The standard InChI is InChI=1S/C14H18F2N2O2.ClH/c1-20-9-7-13(18-8-9)14(19)17-6-5-10-11(15)3-2-4-12(10)16;/h2-4,9,13,18H,5-8H2,1H3,(H,17,19);1H/t9-,13-;/m0./s1. The van der Waals surface area contributed by atoms with Crippen molar-refractivity contribution in [2.24, 2.45) is 0 Å². The summed E-state index contributed by atoms with van der Waals surface area (Å²) in [4.78, 5) is 11.9. The highest BCUT2D eigenvalue weighted by Crippen LogP contribution is 2.12. The van der Waals surface area contributed by atoms with E-state index < -0.39 is 11.6 Å².